The van der Waals surface area contributed by atoms with Crippen molar-refractivity contribution in [2.45, 2.75) is 37.6 Å². The molecular formula is C12H15Cl2N3S. The maximum atomic E-state index is 6.01. The van der Waals surface area contributed by atoms with E-state index in [2.05, 4.69) is 28.9 Å². The first-order valence-electron chi connectivity index (χ1n) is 5.87. The van der Waals surface area contributed by atoms with E-state index >= 15 is 0 Å². The minimum absolute atomic E-state index is 0.301. The average Bonchev–Trinajstić information content (AvgIpc) is 2.31. The molecule has 1 aliphatic heterocycles. The van der Waals surface area contributed by atoms with Gasteiger partial charge in [-0.3, -0.25) is 4.72 Å². The van der Waals surface area contributed by atoms with Crippen molar-refractivity contribution < 1.29 is 0 Å². The summed E-state index contributed by atoms with van der Waals surface area (Å²) in [5.74, 6) is 0.770. The van der Waals surface area contributed by atoms with Gasteiger partial charge in [-0.2, -0.15) is 0 Å². The molecule has 2 rings (SSSR count). The largest absolute Gasteiger partial charge is 0.325 e. The topological polar surface area (TPSA) is 36.4 Å². The maximum absolute atomic E-state index is 6.01. The lowest BCUT2D eigenvalue weighted by Crippen LogP contribution is -2.30. The van der Waals surface area contributed by atoms with Gasteiger partial charge in [-0.25, -0.2) is 4.99 Å². The molecule has 18 heavy (non-hydrogen) atoms. The fraction of sp³-hybridized carbons (Fsp3) is 0.417. The lowest BCUT2D eigenvalue weighted by atomic mass is 10.2. The van der Waals surface area contributed by atoms with E-state index in [1.54, 1.807) is 0 Å². The van der Waals surface area contributed by atoms with Crippen LogP contribution in [0.5, 0.6) is 0 Å². The Morgan fingerprint density at radius 2 is 2.06 bits per heavy atom. The number of fused-ring (bicyclic) bond motifs is 1. The zero-order valence-corrected chi connectivity index (χ0v) is 12.6. The number of hydrogen-bond acceptors (Lipinski definition) is 2. The molecule has 0 spiro atoms. The van der Waals surface area contributed by atoms with Gasteiger partial charge in [0, 0.05) is 0 Å². The molecule has 0 radical (unpaired) electrons. The van der Waals surface area contributed by atoms with E-state index in [1.165, 1.54) is 11.9 Å². The van der Waals surface area contributed by atoms with Crippen LogP contribution in [0.3, 0.4) is 0 Å². The Morgan fingerprint density at radius 1 is 1.33 bits per heavy atom. The average molecular weight is 304 g/mol. The van der Waals surface area contributed by atoms with Gasteiger partial charge >= 0.3 is 0 Å². The molecule has 98 valence electrons. The maximum Gasteiger partial charge on any atom is 0.206 e. The first kappa shape index (κ1) is 13.8. The Kier molecular flexibility index (Phi) is 4.65. The molecule has 1 aromatic rings. The Morgan fingerprint density at radius 3 is 2.78 bits per heavy atom. The van der Waals surface area contributed by atoms with Gasteiger partial charge in [0.05, 0.1) is 26.7 Å². The van der Waals surface area contributed by atoms with Crippen molar-refractivity contribution in [1.82, 2.24) is 4.72 Å². The second-order valence-electron chi connectivity index (χ2n) is 4.21. The SMILES string of the molecule is CCCC(C)N=C1NSc2cc(Cl)c(Cl)cc2N1. The third-order valence-electron chi connectivity index (χ3n) is 2.59. The summed E-state index contributed by atoms with van der Waals surface area (Å²) in [4.78, 5) is 5.59. The Labute approximate surface area is 121 Å². The van der Waals surface area contributed by atoms with Crippen LogP contribution >= 0.6 is 35.1 Å². The van der Waals surface area contributed by atoms with E-state index < -0.39 is 0 Å². The van der Waals surface area contributed by atoms with Crippen LogP contribution in [0.25, 0.3) is 0 Å². The lowest BCUT2D eigenvalue weighted by molar-refractivity contribution is 0.653. The standard InChI is InChI=1S/C12H15Cl2N3S/c1-3-4-7(2)15-12-16-10-5-8(13)9(14)6-11(10)18-17-12/h5-7H,3-4H2,1-2H3,(H2,15,16,17). The minimum Gasteiger partial charge on any atom is -0.325 e. The molecule has 1 aliphatic rings. The highest BCUT2D eigenvalue weighted by molar-refractivity contribution is 7.98. The van der Waals surface area contributed by atoms with Crippen molar-refractivity contribution in [3.05, 3.63) is 22.2 Å². The predicted octanol–water partition coefficient (Wildman–Crippen LogP) is 4.56. The fourth-order valence-corrected chi connectivity index (χ4v) is 2.83. The summed E-state index contributed by atoms with van der Waals surface area (Å²) in [6.45, 7) is 4.26. The Balaban J connectivity index is 2.17. The summed E-state index contributed by atoms with van der Waals surface area (Å²) < 4.78 is 3.17. The van der Waals surface area contributed by atoms with Crippen LogP contribution in [0.15, 0.2) is 22.0 Å². The zero-order chi connectivity index (χ0) is 13.1. The van der Waals surface area contributed by atoms with Crippen molar-refractivity contribution in [2.75, 3.05) is 5.32 Å². The number of nitrogens with zero attached hydrogens (tertiary/aromatic N) is 1. The fourth-order valence-electron chi connectivity index (χ4n) is 1.73. The van der Waals surface area contributed by atoms with E-state index in [1.807, 2.05) is 12.1 Å². The summed E-state index contributed by atoms with van der Waals surface area (Å²) >= 11 is 13.5. The molecule has 0 aromatic heterocycles. The van der Waals surface area contributed by atoms with Crippen LogP contribution in [-0.2, 0) is 0 Å². The third-order valence-corrected chi connectivity index (χ3v) is 4.16. The van der Waals surface area contributed by atoms with E-state index in [-0.39, 0.29) is 0 Å². The van der Waals surface area contributed by atoms with Gasteiger partial charge < -0.3 is 5.32 Å². The second-order valence-corrected chi connectivity index (χ2v) is 5.87. The number of anilines is 1. The van der Waals surface area contributed by atoms with E-state index in [4.69, 9.17) is 23.2 Å². The third kappa shape index (κ3) is 3.25. The van der Waals surface area contributed by atoms with Gasteiger partial charge in [-0.05, 0) is 37.4 Å². The van der Waals surface area contributed by atoms with Gasteiger partial charge in [-0.1, -0.05) is 36.5 Å². The smallest absolute Gasteiger partial charge is 0.206 e. The number of halogens is 2. The summed E-state index contributed by atoms with van der Waals surface area (Å²) in [5.41, 5.74) is 0.940. The first-order chi connectivity index (χ1) is 8.60. The monoisotopic (exact) mass is 303 g/mol. The molecule has 0 aliphatic carbocycles. The normalized spacial score (nSPS) is 17.9. The first-order valence-corrected chi connectivity index (χ1v) is 7.44. The molecular weight excluding hydrogens is 289 g/mol. The highest BCUT2D eigenvalue weighted by atomic mass is 35.5. The van der Waals surface area contributed by atoms with Crippen molar-refractivity contribution in [3.63, 3.8) is 0 Å². The van der Waals surface area contributed by atoms with Crippen LogP contribution < -0.4 is 10.0 Å². The Hall–Kier alpha value is -0.580. The molecule has 1 heterocycles. The van der Waals surface area contributed by atoms with E-state index in [0.29, 0.717) is 16.1 Å². The number of hydrogen-bond donors (Lipinski definition) is 2. The molecule has 6 heteroatoms. The number of benzene rings is 1. The van der Waals surface area contributed by atoms with E-state index in [0.717, 1.165) is 29.4 Å². The highest BCUT2D eigenvalue weighted by Gasteiger charge is 2.16. The predicted molar refractivity (Wildman–Crippen MR) is 80.9 cm³/mol. The summed E-state index contributed by atoms with van der Waals surface area (Å²) in [7, 11) is 0. The van der Waals surface area contributed by atoms with Crippen molar-refractivity contribution >= 4 is 46.8 Å². The number of rotatable bonds is 3. The Bertz CT molecular complexity index is 477. The van der Waals surface area contributed by atoms with Crippen LogP contribution in [0, 0.1) is 0 Å². The van der Waals surface area contributed by atoms with Crippen LogP contribution in [0.2, 0.25) is 10.0 Å². The minimum atomic E-state index is 0.301. The van der Waals surface area contributed by atoms with Crippen molar-refractivity contribution in [3.8, 4) is 0 Å². The van der Waals surface area contributed by atoms with Gasteiger partial charge in [0.15, 0.2) is 0 Å². The molecule has 0 saturated carbocycles. The quantitative estimate of drug-likeness (QED) is 0.804. The zero-order valence-electron chi connectivity index (χ0n) is 10.3. The van der Waals surface area contributed by atoms with E-state index in [9.17, 15) is 0 Å². The molecule has 0 saturated heterocycles. The van der Waals surface area contributed by atoms with Gasteiger partial charge in [-0.15, -0.1) is 0 Å². The molecule has 3 nitrogen and oxygen atoms in total. The molecule has 1 unspecified atom stereocenters. The second kappa shape index (κ2) is 6.04. The molecule has 0 bridgehead atoms. The van der Waals surface area contributed by atoms with Gasteiger partial charge in [0.1, 0.15) is 0 Å². The number of guanidine groups is 1. The van der Waals surface area contributed by atoms with Crippen molar-refractivity contribution in [1.29, 1.82) is 0 Å². The summed E-state index contributed by atoms with van der Waals surface area (Å²) in [6, 6.07) is 3.97. The molecule has 2 N–H and O–H groups in total. The van der Waals surface area contributed by atoms with Gasteiger partial charge in [0.2, 0.25) is 5.96 Å². The number of nitrogens with one attached hydrogen (secondary N) is 2. The van der Waals surface area contributed by atoms with Gasteiger partial charge in [0.25, 0.3) is 0 Å². The number of aliphatic imine (C=N–C) groups is 1. The lowest BCUT2D eigenvalue weighted by Gasteiger charge is -2.22. The van der Waals surface area contributed by atoms with Crippen LogP contribution in [-0.4, -0.2) is 12.0 Å². The van der Waals surface area contributed by atoms with Crippen LogP contribution in [0.4, 0.5) is 5.69 Å². The summed E-state index contributed by atoms with van der Waals surface area (Å²) in [6.07, 6.45) is 2.20. The molecule has 1 aromatic carbocycles. The molecule has 0 fully saturated rings. The van der Waals surface area contributed by atoms with Crippen molar-refractivity contribution in [2.24, 2.45) is 4.99 Å². The molecule has 1 atom stereocenters. The van der Waals surface area contributed by atoms with Crippen LogP contribution in [0.1, 0.15) is 26.7 Å². The summed E-state index contributed by atoms with van der Waals surface area (Å²) in [5, 5.41) is 4.34. The molecule has 0 amide bonds. The highest BCUT2D eigenvalue weighted by Crippen LogP contribution is 2.36.